The molecule has 0 radical (unpaired) electrons. The Morgan fingerprint density at radius 2 is 2.29 bits per heavy atom. The predicted molar refractivity (Wildman–Crippen MR) is 136 cm³/mol. The van der Waals surface area contributed by atoms with Crippen molar-refractivity contribution in [3.8, 4) is 0 Å². The fraction of sp³-hybridized carbons (Fsp3) is 0.375. The van der Waals surface area contributed by atoms with Crippen molar-refractivity contribution in [3.05, 3.63) is 69.1 Å². The molecule has 0 amide bonds. The number of hydrogen-bond acceptors (Lipinski definition) is 6. The SMILES string of the molecule is CC(F)/N=C/C=C(\N)C1=C2C[C@@](C=O)(CCl)CN2C(C2CC=CS2)=N[C@H]1c1ccc(F)cc1Cl. The summed E-state index contributed by atoms with van der Waals surface area (Å²) in [6, 6.07) is 3.52. The van der Waals surface area contributed by atoms with Crippen molar-refractivity contribution in [2.75, 3.05) is 12.4 Å². The van der Waals surface area contributed by atoms with Gasteiger partial charge in [-0.25, -0.2) is 8.78 Å². The molecule has 4 rings (SSSR count). The molecule has 2 N–H and O–H groups in total. The second-order valence-corrected chi connectivity index (χ2v) is 10.3. The summed E-state index contributed by atoms with van der Waals surface area (Å²) in [4.78, 5) is 23.0. The van der Waals surface area contributed by atoms with Crippen LogP contribution in [0.4, 0.5) is 8.78 Å². The Hall–Kier alpha value is -2.16. The Bertz CT molecular complexity index is 1130. The Labute approximate surface area is 211 Å². The monoisotopic (exact) mass is 524 g/mol. The normalized spacial score (nSPS) is 28.0. The van der Waals surface area contributed by atoms with E-state index < -0.39 is 23.6 Å². The summed E-state index contributed by atoms with van der Waals surface area (Å²) >= 11 is 14.4. The van der Waals surface area contributed by atoms with Crippen LogP contribution < -0.4 is 5.73 Å². The lowest BCUT2D eigenvalue weighted by atomic mass is 9.87. The number of aliphatic imine (C=N–C) groups is 2. The van der Waals surface area contributed by atoms with Gasteiger partial charge in [0.05, 0.1) is 10.7 Å². The number of nitrogens with two attached hydrogens (primary N) is 1. The van der Waals surface area contributed by atoms with Crippen molar-refractivity contribution in [1.29, 1.82) is 0 Å². The predicted octanol–water partition coefficient (Wildman–Crippen LogP) is 5.56. The van der Waals surface area contributed by atoms with Crippen molar-refractivity contribution in [2.45, 2.75) is 37.4 Å². The van der Waals surface area contributed by atoms with Gasteiger partial charge in [-0.2, -0.15) is 0 Å². The second-order valence-electron chi connectivity index (χ2n) is 8.52. The molecule has 10 heteroatoms. The van der Waals surface area contributed by atoms with Gasteiger partial charge in [0.25, 0.3) is 0 Å². The first-order valence-corrected chi connectivity index (χ1v) is 12.6. The van der Waals surface area contributed by atoms with Crippen LogP contribution in [0, 0.1) is 11.2 Å². The van der Waals surface area contributed by atoms with E-state index in [0.29, 0.717) is 29.8 Å². The molecule has 1 fully saturated rings. The number of carbonyl (C=O) groups is 1. The number of thioether (sulfide) groups is 1. The molecule has 0 aromatic heterocycles. The van der Waals surface area contributed by atoms with Crippen molar-refractivity contribution in [3.63, 3.8) is 0 Å². The van der Waals surface area contributed by atoms with E-state index in [9.17, 15) is 13.6 Å². The maximum absolute atomic E-state index is 13.8. The lowest BCUT2D eigenvalue weighted by Crippen LogP contribution is -2.41. The molecule has 3 aliphatic rings. The standard InChI is InChI=1S/C24H24Cl2F2N4OS/c1-14(27)30-7-6-18(29)21-19-10-24(11-25,13-33)12-32(19)23(20-3-2-8-34-20)31-22(21)16-5-4-15(28)9-17(16)26/h2,4-9,13-14,20,22H,3,10-12,29H2,1H3/b18-6-,30-7+/t14?,20?,22-,24+/m0/s1. The number of rotatable bonds is 7. The number of nitrogens with zero attached hydrogens (tertiary/aromatic N) is 3. The fourth-order valence-corrected chi connectivity index (χ4v) is 5.85. The first-order chi connectivity index (χ1) is 16.3. The molecule has 0 aliphatic carbocycles. The summed E-state index contributed by atoms with van der Waals surface area (Å²) in [6.07, 6.45) is 5.55. The van der Waals surface area contributed by atoms with E-state index in [1.807, 2.05) is 10.3 Å². The summed E-state index contributed by atoms with van der Waals surface area (Å²) in [5.41, 5.74) is 8.03. The highest BCUT2D eigenvalue weighted by atomic mass is 35.5. The Kier molecular flexibility index (Phi) is 7.50. The first kappa shape index (κ1) is 24.9. The van der Waals surface area contributed by atoms with E-state index >= 15 is 0 Å². The van der Waals surface area contributed by atoms with Gasteiger partial charge in [0.15, 0.2) is 6.30 Å². The minimum Gasteiger partial charge on any atom is -0.398 e. The second kappa shape index (κ2) is 10.2. The molecule has 2 unspecified atom stereocenters. The smallest absolute Gasteiger partial charge is 0.187 e. The van der Waals surface area contributed by atoms with Crippen LogP contribution in [0.1, 0.15) is 31.4 Å². The molecule has 3 aliphatic heterocycles. The molecule has 34 heavy (non-hydrogen) atoms. The molecule has 0 bridgehead atoms. The van der Waals surface area contributed by atoms with Gasteiger partial charge in [-0.1, -0.05) is 23.7 Å². The maximum Gasteiger partial charge on any atom is 0.187 e. The van der Waals surface area contributed by atoms with Crippen LogP contribution in [-0.4, -0.2) is 47.2 Å². The molecule has 5 nitrogen and oxygen atoms in total. The Morgan fingerprint density at radius 1 is 1.50 bits per heavy atom. The third-order valence-corrected chi connectivity index (χ3v) is 7.99. The lowest BCUT2D eigenvalue weighted by Gasteiger charge is -2.36. The molecule has 1 saturated heterocycles. The molecule has 0 spiro atoms. The van der Waals surface area contributed by atoms with Gasteiger partial charge in [0.2, 0.25) is 0 Å². The number of alkyl halides is 2. The maximum atomic E-state index is 13.8. The number of carbonyl (C=O) groups excluding carboxylic acids is 1. The quantitative estimate of drug-likeness (QED) is 0.219. The van der Waals surface area contributed by atoms with Crippen molar-refractivity contribution in [2.24, 2.45) is 21.1 Å². The van der Waals surface area contributed by atoms with E-state index in [0.717, 1.165) is 24.2 Å². The van der Waals surface area contributed by atoms with E-state index in [1.54, 1.807) is 17.8 Å². The summed E-state index contributed by atoms with van der Waals surface area (Å²) in [5.74, 6) is 0.474. The van der Waals surface area contributed by atoms with Crippen LogP contribution in [0.5, 0.6) is 0 Å². The number of amidine groups is 1. The van der Waals surface area contributed by atoms with Crippen molar-refractivity contribution in [1.82, 2.24) is 4.90 Å². The van der Waals surface area contributed by atoms with Gasteiger partial charge in [-0.15, -0.1) is 23.4 Å². The molecule has 180 valence electrons. The zero-order valence-electron chi connectivity index (χ0n) is 18.4. The highest BCUT2D eigenvalue weighted by Crippen LogP contribution is 2.49. The highest BCUT2D eigenvalue weighted by Gasteiger charge is 2.48. The molecular weight excluding hydrogens is 501 g/mol. The highest BCUT2D eigenvalue weighted by molar-refractivity contribution is 8.03. The largest absolute Gasteiger partial charge is 0.398 e. The topological polar surface area (TPSA) is 71.0 Å². The van der Waals surface area contributed by atoms with Gasteiger partial charge in [0, 0.05) is 52.6 Å². The fourth-order valence-electron chi connectivity index (χ4n) is 4.39. The first-order valence-electron chi connectivity index (χ1n) is 10.8. The number of benzene rings is 1. The summed E-state index contributed by atoms with van der Waals surface area (Å²) in [7, 11) is 0. The van der Waals surface area contributed by atoms with Gasteiger partial charge < -0.3 is 15.4 Å². The molecule has 3 heterocycles. The molecular formula is C24H24Cl2F2N4OS. The van der Waals surface area contributed by atoms with Crippen LogP contribution in [0.3, 0.4) is 0 Å². The number of halogens is 4. The van der Waals surface area contributed by atoms with Crippen LogP contribution >= 0.6 is 35.0 Å². The third kappa shape index (κ3) is 4.81. The average Bonchev–Trinajstić information content (AvgIpc) is 3.46. The average molecular weight is 525 g/mol. The number of hydrogen-bond donors (Lipinski definition) is 1. The van der Waals surface area contributed by atoms with Gasteiger partial charge >= 0.3 is 0 Å². The number of aldehydes is 1. The van der Waals surface area contributed by atoms with Crippen LogP contribution in [-0.2, 0) is 4.79 Å². The van der Waals surface area contributed by atoms with E-state index in [2.05, 4.69) is 11.1 Å². The van der Waals surface area contributed by atoms with Crippen molar-refractivity contribution < 1.29 is 13.6 Å². The zero-order valence-corrected chi connectivity index (χ0v) is 20.8. The van der Waals surface area contributed by atoms with Gasteiger partial charge in [-0.3, -0.25) is 9.98 Å². The van der Waals surface area contributed by atoms with Gasteiger partial charge in [-0.05, 0) is 37.0 Å². The van der Waals surface area contributed by atoms with E-state index in [-0.39, 0.29) is 16.2 Å². The third-order valence-electron chi connectivity index (χ3n) is 6.05. The van der Waals surface area contributed by atoms with Crippen molar-refractivity contribution >= 4 is 53.3 Å². The molecule has 0 saturated carbocycles. The lowest BCUT2D eigenvalue weighted by molar-refractivity contribution is -0.114. The molecule has 1 aromatic rings. The van der Waals surface area contributed by atoms with Crippen LogP contribution in [0.2, 0.25) is 5.02 Å². The minimum absolute atomic E-state index is 0.0511. The Balaban J connectivity index is 1.91. The summed E-state index contributed by atoms with van der Waals surface area (Å²) in [5, 5.41) is 2.29. The number of fused-ring (bicyclic) bond motifs is 1. The van der Waals surface area contributed by atoms with Gasteiger partial charge in [0.1, 0.15) is 24.0 Å². The van der Waals surface area contributed by atoms with Crippen LogP contribution in [0.25, 0.3) is 0 Å². The van der Waals surface area contributed by atoms with E-state index in [1.165, 1.54) is 31.3 Å². The summed E-state index contributed by atoms with van der Waals surface area (Å²) in [6.45, 7) is 1.69. The molecule has 1 aromatic carbocycles. The Morgan fingerprint density at radius 3 is 2.91 bits per heavy atom. The zero-order chi connectivity index (χ0) is 24.5. The minimum atomic E-state index is -1.38. The van der Waals surface area contributed by atoms with Crippen LogP contribution in [0.15, 0.2) is 62.7 Å². The molecule has 4 atom stereocenters. The summed E-state index contributed by atoms with van der Waals surface area (Å²) < 4.78 is 27.1. The number of allylic oxidation sites excluding steroid dienone is 3. The van der Waals surface area contributed by atoms with E-state index in [4.69, 9.17) is 33.9 Å².